The first kappa shape index (κ1) is 32.5. The van der Waals surface area contributed by atoms with Gasteiger partial charge in [-0.25, -0.2) is 19.9 Å². The van der Waals surface area contributed by atoms with E-state index in [1.54, 1.807) is 0 Å². The molecule has 0 radical (unpaired) electrons. The van der Waals surface area contributed by atoms with Gasteiger partial charge in [-0.05, 0) is 40.5 Å². The largest absolute Gasteiger partial charge is 0.457 e. The van der Waals surface area contributed by atoms with Gasteiger partial charge >= 0.3 is 0 Å². The van der Waals surface area contributed by atoms with E-state index < -0.39 is 5.41 Å². The van der Waals surface area contributed by atoms with Crippen molar-refractivity contribution in [3.8, 4) is 68.0 Å². The topological polar surface area (TPSA) is 60.8 Å². The number of nitrogens with zero attached hydrogens (tertiary/aromatic N) is 4. The molecule has 270 valence electrons. The zero-order chi connectivity index (χ0) is 38.2. The van der Waals surface area contributed by atoms with E-state index in [0.29, 0.717) is 17.5 Å². The molecule has 0 saturated heterocycles. The van der Waals surface area contributed by atoms with Gasteiger partial charge in [0.05, 0.1) is 16.6 Å². The standard InChI is InChI=1S/C53H32N4O/c1-4-16-33(17-5-1)49-39-30-31-43-48(37-22-10-11-23-40(37)53(43)41-24-12-14-26-45(41)58-46-27-15-13-25-42(46)53)47(39)38-29-28-36(32-44(38)54-49)52-56-50(34-18-6-2-7-19-34)55-51(57-52)35-20-8-3-9-21-35/h1-32H. The van der Waals surface area contributed by atoms with Gasteiger partial charge < -0.3 is 4.74 Å². The summed E-state index contributed by atoms with van der Waals surface area (Å²) in [6, 6.07) is 67.8. The van der Waals surface area contributed by atoms with Crippen LogP contribution in [0.25, 0.3) is 78.2 Å². The Bertz CT molecular complexity index is 3150. The number of aromatic nitrogens is 4. The maximum absolute atomic E-state index is 6.63. The second-order valence-electron chi connectivity index (χ2n) is 14.9. The van der Waals surface area contributed by atoms with E-state index >= 15 is 0 Å². The van der Waals surface area contributed by atoms with Crippen molar-refractivity contribution in [1.29, 1.82) is 0 Å². The third-order valence-electron chi connectivity index (χ3n) is 11.8. The smallest absolute Gasteiger partial charge is 0.164 e. The molecular weight excluding hydrogens is 709 g/mol. The Hall–Kier alpha value is -7.76. The third-order valence-corrected chi connectivity index (χ3v) is 11.8. The molecule has 0 bridgehead atoms. The first-order valence-electron chi connectivity index (χ1n) is 19.6. The molecule has 10 aromatic rings. The fourth-order valence-electron chi connectivity index (χ4n) is 9.33. The number of para-hydroxylation sites is 2. The van der Waals surface area contributed by atoms with Gasteiger partial charge in [0.15, 0.2) is 17.5 Å². The average Bonchev–Trinajstić information content (AvgIpc) is 3.60. The molecule has 12 rings (SSSR count). The van der Waals surface area contributed by atoms with Crippen molar-refractivity contribution in [2.45, 2.75) is 5.41 Å². The Morgan fingerprint density at radius 3 is 1.48 bits per heavy atom. The molecule has 58 heavy (non-hydrogen) atoms. The van der Waals surface area contributed by atoms with Gasteiger partial charge in [0, 0.05) is 49.5 Å². The van der Waals surface area contributed by atoms with Crippen LogP contribution in [0, 0.1) is 0 Å². The molecule has 0 N–H and O–H groups in total. The van der Waals surface area contributed by atoms with Crippen LogP contribution in [0.5, 0.6) is 11.5 Å². The van der Waals surface area contributed by atoms with Crippen LogP contribution in [-0.4, -0.2) is 19.9 Å². The van der Waals surface area contributed by atoms with Crippen molar-refractivity contribution in [3.63, 3.8) is 0 Å². The maximum atomic E-state index is 6.63. The number of fused-ring (bicyclic) bond motifs is 13. The highest BCUT2D eigenvalue weighted by Gasteiger charge is 2.51. The van der Waals surface area contributed by atoms with Crippen LogP contribution in [0.15, 0.2) is 194 Å². The highest BCUT2D eigenvalue weighted by Crippen LogP contribution is 2.63. The van der Waals surface area contributed by atoms with Gasteiger partial charge in [-0.15, -0.1) is 0 Å². The lowest BCUT2D eigenvalue weighted by molar-refractivity contribution is 0.436. The molecule has 0 fully saturated rings. The number of pyridine rings is 1. The first-order chi connectivity index (χ1) is 28.8. The maximum Gasteiger partial charge on any atom is 0.164 e. The summed E-state index contributed by atoms with van der Waals surface area (Å²) >= 11 is 0. The molecule has 1 aliphatic heterocycles. The van der Waals surface area contributed by atoms with Gasteiger partial charge in [-0.2, -0.15) is 0 Å². The van der Waals surface area contributed by atoms with E-state index in [1.165, 1.54) is 27.6 Å². The van der Waals surface area contributed by atoms with Gasteiger partial charge in [0.2, 0.25) is 0 Å². The summed E-state index contributed by atoms with van der Waals surface area (Å²) < 4.78 is 6.63. The van der Waals surface area contributed by atoms with Crippen LogP contribution in [0.4, 0.5) is 0 Å². The molecule has 1 aliphatic carbocycles. The molecule has 0 atom stereocenters. The zero-order valence-corrected chi connectivity index (χ0v) is 31.2. The van der Waals surface area contributed by atoms with Gasteiger partial charge in [-0.1, -0.05) is 176 Å². The minimum atomic E-state index is -0.583. The fraction of sp³-hybridized carbons (Fsp3) is 0.0189. The fourth-order valence-corrected chi connectivity index (χ4v) is 9.33. The van der Waals surface area contributed by atoms with Gasteiger partial charge in [0.1, 0.15) is 11.5 Å². The van der Waals surface area contributed by atoms with Crippen molar-refractivity contribution in [2.24, 2.45) is 0 Å². The lowest BCUT2D eigenvalue weighted by Gasteiger charge is -2.39. The third kappa shape index (κ3) is 4.71. The average molecular weight is 741 g/mol. The van der Waals surface area contributed by atoms with E-state index in [-0.39, 0.29) is 0 Å². The molecule has 8 aromatic carbocycles. The second-order valence-corrected chi connectivity index (χ2v) is 14.9. The van der Waals surface area contributed by atoms with E-state index in [1.807, 2.05) is 60.7 Å². The molecule has 1 spiro atoms. The Labute approximate surface area is 335 Å². The SMILES string of the molecule is c1ccc(-c2nc(-c3ccccc3)nc(-c3ccc4c(c3)nc(-c3ccccc3)c3ccc5c(c34)-c3ccccc3C53c4ccccc4Oc4ccccc43)n2)cc1. The molecule has 5 nitrogen and oxygen atoms in total. The van der Waals surface area contributed by atoms with E-state index in [9.17, 15) is 0 Å². The van der Waals surface area contributed by atoms with Crippen molar-refractivity contribution in [1.82, 2.24) is 19.9 Å². The molecule has 5 heteroatoms. The van der Waals surface area contributed by atoms with Crippen molar-refractivity contribution < 1.29 is 4.74 Å². The molecule has 3 heterocycles. The lowest BCUT2D eigenvalue weighted by atomic mass is 9.66. The normalized spacial score (nSPS) is 13.1. The summed E-state index contributed by atoms with van der Waals surface area (Å²) in [5.41, 5.74) is 12.2. The zero-order valence-electron chi connectivity index (χ0n) is 31.2. The molecule has 2 aromatic heterocycles. The van der Waals surface area contributed by atoms with Crippen molar-refractivity contribution >= 4 is 21.7 Å². The summed E-state index contributed by atoms with van der Waals surface area (Å²) in [7, 11) is 0. The molecule has 0 amide bonds. The number of benzene rings is 8. The summed E-state index contributed by atoms with van der Waals surface area (Å²) in [4.78, 5) is 20.6. The van der Waals surface area contributed by atoms with Crippen LogP contribution in [0.1, 0.15) is 22.3 Å². The summed E-state index contributed by atoms with van der Waals surface area (Å²) in [5, 5.41) is 3.34. The summed E-state index contributed by atoms with van der Waals surface area (Å²) in [5.74, 6) is 3.59. The number of hydrogen-bond acceptors (Lipinski definition) is 5. The lowest BCUT2D eigenvalue weighted by Crippen LogP contribution is -2.32. The number of hydrogen-bond donors (Lipinski definition) is 0. The quantitative estimate of drug-likeness (QED) is 0.168. The molecular formula is C53H32N4O. The van der Waals surface area contributed by atoms with Gasteiger partial charge in [0.25, 0.3) is 0 Å². The second kappa shape index (κ2) is 12.6. The Balaban J connectivity index is 1.17. The van der Waals surface area contributed by atoms with Crippen LogP contribution < -0.4 is 4.74 Å². The minimum absolute atomic E-state index is 0.583. The highest BCUT2D eigenvalue weighted by molar-refractivity contribution is 6.20. The van der Waals surface area contributed by atoms with Crippen LogP contribution >= 0.6 is 0 Å². The van der Waals surface area contributed by atoms with E-state index in [4.69, 9.17) is 24.7 Å². The predicted octanol–water partition coefficient (Wildman–Crippen LogP) is 12.7. The summed E-state index contributed by atoms with van der Waals surface area (Å²) in [6.45, 7) is 0. The van der Waals surface area contributed by atoms with E-state index in [0.717, 1.165) is 66.9 Å². The Morgan fingerprint density at radius 1 is 0.362 bits per heavy atom. The van der Waals surface area contributed by atoms with Crippen LogP contribution in [0.3, 0.4) is 0 Å². The van der Waals surface area contributed by atoms with Crippen LogP contribution in [-0.2, 0) is 5.41 Å². The van der Waals surface area contributed by atoms with Gasteiger partial charge in [-0.3, -0.25) is 0 Å². The molecule has 0 unspecified atom stereocenters. The van der Waals surface area contributed by atoms with Crippen LogP contribution in [0.2, 0.25) is 0 Å². The molecule has 0 saturated carbocycles. The van der Waals surface area contributed by atoms with E-state index in [2.05, 4.69) is 133 Å². The monoisotopic (exact) mass is 740 g/mol. The Kier molecular flexibility index (Phi) is 7.07. The van der Waals surface area contributed by atoms with Crippen molar-refractivity contribution in [2.75, 3.05) is 0 Å². The highest BCUT2D eigenvalue weighted by atomic mass is 16.5. The van der Waals surface area contributed by atoms with Crippen molar-refractivity contribution in [3.05, 3.63) is 216 Å². The summed E-state index contributed by atoms with van der Waals surface area (Å²) in [6.07, 6.45) is 0. The number of rotatable bonds is 4. The number of ether oxygens (including phenoxy) is 1. The molecule has 2 aliphatic rings. The minimum Gasteiger partial charge on any atom is -0.457 e. The predicted molar refractivity (Wildman–Crippen MR) is 232 cm³/mol. The first-order valence-corrected chi connectivity index (χ1v) is 19.6. The Morgan fingerprint density at radius 2 is 0.862 bits per heavy atom.